The van der Waals surface area contributed by atoms with Crippen LogP contribution in [0.25, 0.3) is 0 Å². The summed E-state index contributed by atoms with van der Waals surface area (Å²) < 4.78 is 14.5. The Morgan fingerprint density at radius 1 is 0.850 bits per heavy atom. The molecule has 0 atom stereocenters. The highest BCUT2D eigenvalue weighted by atomic mass is 31.2. The van der Waals surface area contributed by atoms with Gasteiger partial charge in [-0.1, -0.05) is 36.4 Å². The predicted octanol–water partition coefficient (Wildman–Crippen LogP) is 3.77. The molecule has 0 saturated carbocycles. The van der Waals surface area contributed by atoms with Crippen molar-refractivity contribution in [3.05, 3.63) is 65.2 Å². The summed E-state index contributed by atoms with van der Waals surface area (Å²) in [5, 5.41) is 0. The van der Waals surface area contributed by atoms with E-state index >= 15 is 0 Å². The molecule has 0 aliphatic heterocycles. The number of rotatable bonds is 2. The molecule has 2 N–H and O–H groups in total. The minimum Gasteiger partial charge on any atom is -0.404 e. The van der Waals surface area contributed by atoms with Gasteiger partial charge in [0.15, 0.2) is 0 Å². The van der Waals surface area contributed by atoms with E-state index in [1.54, 1.807) is 18.2 Å². The van der Waals surface area contributed by atoms with E-state index in [0.717, 1.165) is 0 Å². The number of para-hydroxylation sites is 1. The molecule has 4 nitrogen and oxygen atoms in total. The third-order valence-corrected chi connectivity index (χ3v) is 3.29. The van der Waals surface area contributed by atoms with Gasteiger partial charge in [-0.15, -0.1) is 0 Å². The summed E-state index contributed by atoms with van der Waals surface area (Å²) in [7, 11) is -4.39. The summed E-state index contributed by atoms with van der Waals surface area (Å²) in [4.78, 5) is 16.7. The van der Waals surface area contributed by atoms with Gasteiger partial charge >= 0.3 is 7.82 Å². The van der Waals surface area contributed by atoms with Gasteiger partial charge in [-0.25, -0.2) is 4.57 Å². The first-order chi connectivity index (χ1) is 9.29. The summed E-state index contributed by atoms with van der Waals surface area (Å²) >= 11 is 0. The van der Waals surface area contributed by atoms with Crippen LogP contribution in [0, 0.1) is 20.8 Å². The van der Waals surface area contributed by atoms with E-state index in [1.807, 2.05) is 0 Å². The largest absolute Gasteiger partial charge is 0.524 e. The first kappa shape index (κ1) is 16.4. The van der Waals surface area contributed by atoms with Crippen molar-refractivity contribution < 1.29 is 18.9 Å². The van der Waals surface area contributed by atoms with Gasteiger partial charge in [0.05, 0.1) is 0 Å². The first-order valence-corrected chi connectivity index (χ1v) is 7.65. The summed E-state index contributed by atoms with van der Waals surface area (Å²) in [6.07, 6.45) is 0. The van der Waals surface area contributed by atoms with E-state index in [4.69, 9.17) is 9.79 Å². The zero-order valence-electron chi connectivity index (χ0n) is 11.8. The molecule has 2 aromatic carbocycles. The van der Waals surface area contributed by atoms with Gasteiger partial charge in [0.2, 0.25) is 0 Å². The van der Waals surface area contributed by atoms with Gasteiger partial charge < -0.3 is 4.52 Å². The van der Waals surface area contributed by atoms with Gasteiger partial charge in [-0.2, -0.15) is 0 Å². The highest BCUT2D eigenvalue weighted by molar-refractivity contribution is 7.46. The predicted molar refractivity (Wildman–Crippen MR) is 79.8 cm³/mol. The van der Waals surface area contributed by atoms with Crippen molar-refractivity contribution in [2.75, 3.05) is 0 Å². The molecule has 0 spiro atoms. The number of aryl methyl sites for hydroxylation is 2. The van der Waals surface area contributed by atoms with Gasteiger partial charge in [0, 0.05) is 0 Å². The van der Waals surface area contributed by atoms with Gasteiger partial charge in [0.25, 0.3) is 0 Å². The first-order valence-electron chi connectivity index (χ1n) is 6.12. The van der Waals surface area contributed by atoms with E-state index in [2.05, 4.69) is 43.5 Å². The average Bonchev–Trinajstić information content (AvgIpc) is 2.36. The Balaban J connectivity index is 0.000000204. The van der Waals surface area contributed by atoms with Crippen molar-refractivity contribution in [2.24, 2.45) is 0 Å². The van der Waals surface area contributed by atoms with Crippen molar-refractivity contribution in [1.29, 1.82) is 0 Å². The van der Waals surface area contributed by atoms with Crippen LogP contribution in [0.15, 0.2) is 48.5 Å². The molecule has 0 aromatic heterocycles. The maximum absolute atomic E-state index is 10.3. The monoisotopic (exact) mass is 294 g/mol. The smallest absolute Gasteiger partial charge is 0.404 e. The van der Waals surface area contributed by atoms with Gasteiger partial charge in [0.1, 0.15) is 5.75 Å². The van der Waals surface area contributed by atoms with Crippen LogP contribution in [0.1, 0.15) is 16.7 Å². The summed E-state index contributed by atoms with van der Waals surface area (Å²) in [6.45, 7) is 6.44. The Morgan fingerprint density at radius 2 is 1.35 bits per heavy atom. The molecular weight excluding hydrogens is 275 g/mol. The zero-order valence-corrected chi connectivity index (χ0v) is 12.7. The lowest BCUT2D eigenvalue weighted by Crippen LogP contribution is -1.88. The van der Waals surface area contributed by atoms with E-state index in [0.29, 0.717) is 0 Å². The summed E-state index contributed by atoms with van der Waals surface area (Å²) in [6, 6.07) is 14.3. The Kier molecular flexibility index (Phi) is 5.96. The second-order valence-corrected chi connectivity index (χ2v) is 5.58. The van der Waals surface area contributed by atoms with Crippen LogP contribution in [-0.2, 0) is 4.57 Å². The fraction of sp³-hybridized carbons (Fsp3) is 0.200. The molecule has 2 aromatic rings. The molecule has 0 fully saturated rings. The number of phosphoric acid groups is 1. The minimum absolute atomic E-state index is 0.167. The molecule has 5 heteroatoms. The Morgan fingerprint density at radius 3 is 1.75 bits per heavy atom. The number of phosphoric ester groups is 1. The standard InChI is InChI=1S/C9H12.C6H7O4P/c1-7-5-4-6-8(2)9(7)3;7-11(8,9)10-6-4-2-1-3-5-6/h4-6H,1-3H3;1-5H,(H2,7,8,9). The Hall–Kier alpha value is -1.61. The van der Waals surface area contributed by atoms with Crippen molar-refractivity contribution in [2.45, 2.75) is 20.8 Å². The topological polar surface area (TPSA) is 66.8 Å². The number of hydrogen-bond acceptors (Lipinski definition) is 2. The Labute approximate surface area is 119 Å². The lowest BCUT2D eigenvalue weighted by Gasteiger charge is -2.04. The third-order valence-electron chi connectivity index (χ3n) is 2.84. The fourth-order valence-corrected chi connectivity index (χ4v) is 1.91. The molecule has 0 heterocycles. The van der Waals surface area contributed by atoms with Gasteiger partial charge in [-0.05, 0) is 49.6 Å². The van der Waals surface area contributed by atoms with Gasteiger partial charge in [-0.3, -0.25) is 9.79 Å². The number of hydrogen-bond donors (Lipinski definition) is 2. The SMILES string of the molecule is Cc1cccc(C)c1C.O=P(O)(O)Oc1ccccc1. The maximum atomic E-state index is 10.3. The summed E-state index contributed by atoms with van der Waals surface area (Å²) in [5.41, 5.74) is 4.18. The van der Waals surface area contributed by atoms with E-state index in [-0.39, 0.29) is 5.75 Å². The highest BCUT2D eigenvalue weighted by Crippen LogP contribution is 2.36. The van der Waals surface area contributed by atoms with Crippen LogP contribution in [0.2, 0.25) is 0 Å². The molecule has 0 radical (unpaired) electrons. The van der Waals surface area contributed by atoms with Crippen LogP contribution >= 0.6 is 7.82 Å². The lowest BCUT2D eigenvalue weighted by molar-refractivity contribution is 0.283. The number of benzene rings is 2. The molecular formula is C15H19O4P. The molecule has 0 amide bonds. The molecule has 2 rings (SSSR count). The molecule has 0 bridgehead atoms. The second kappa shape index (κ2) is 7.25. The van der Waals surface area contributed by atoms with Crippen molar-refractivity contribution in [1.82, 2.24) is 0 Å². The fourth-order valence-electron chi connectivity index (χ4n) is 1.52. The van der Waals surface area contributed by atoms with Crippen molar-refractivity contribution in [3.63, 3.8) is 0 Å². The third kappa shape index (κ3) is 6.02. The molecule has 108 valence electrons. The molecule has 0 saturated heterocycles. The van der Waals surface area contributed by atoms with Crippen molar-refractivity contribution >= 4 is 7.82 Å². The maximum Gasteiger partial charge on any atom is 0.524 e. The summed E-state index contributed by atoms with van der Waals surface area (Å²) in [5.74, 6) is 0.167. The van der Waals surface area contributed by atoms with Crippen LogP contribution in [0.4, 0.5) is 0 Å². The van der Waals surface area contributed by atoms with E-state index < -0.39 is 7.82 Å². The molecule has 0 aliphatic rings. The Bertz CT molecular complexity index is 570. The quantitative estimate of drug-likeness (QED) is 0.827. The molecule has 20 heavy (non-hydrogen) atoms. The van der Waals surface area contributed by atoms with E-state index in [1.165, 1.54) is 28.8 Å². The molecule has 0 unspecified atom stereocenters. The van der Waals surface area contributed by atoms with Crippen molar-refractivity contribution in [3.8, 4) is 5.75 Å². The lowest BCUT2D eigenvalue weighted by atomic mass is 10.1. The van der Waals surface area contributed by atoms with Crippen LogP contribution in [0.5, 0.6) is 5.75 Å². The second-order valence-electron chi connectivity index (χ2n) is 4.41. The normalized spacial score (nSPS) is 10.4. The average molecular weight is 294 g/mol. The van der Waals surface area contributed by atoms with Crippen LogP contribution < -0.4 is 4.52 Å². The van der Waals surface area contributed by atoms with E-state index in [9.17, 15) is 4.57 Å². The molecule has 0 aliphatic carbocycles. The van der Waals surface area contributed by atoms with Crippen LogP contribution in [-0.4, -0.2) is 9.79 Å². The highest BCUT2D eigenvalue weighted by Gasteiger charge is 2.14. The van der Waals surface area contributed by atoms with Crippen LogP contribution in [0.3, 0.4) is 0 Å². The minimum atomic E-state index is -4.39. The zero-order chi connectivity index (χ0) is 15.2.